The Morgan fingerprint density at radius 1 is 1.24 bits per heavy atom. The van der Waals surface area contributed by atoms with Crippen LogP contribution in [0.3, 0.4) is 0 Å². The van der Waals surface area contributed by atoms with Crippen molar-refractivity contribution in [3.05, 3.63) is 29.8 Å². The van der Waals surface area contributed by atoms with Gasteiger partial charge in [0.25, 0.3) is 0 Å². The summed E-state index contributed by atoms with van der Waals surface area (Å²) >= 11 is 0. The van der Waals surface area contributed by atoms with Crippen LogP contribution in [0.2, 0.25) is 0 Å². The predicted octanol–water partition coefficient (Wildman–Crippen LogP) is 4.45. The quantitative estimate of drug-likeness (QED) is 0.573. The average Bonchev–Trinajstić information content (AvgIpc) is 2.48. The van der Waals surface area contributed by atoms with Gasteiger partial charge in [-0.1, -0.05) is 38.0 Å². The number of carbonyl (C=O) groups is 1. The summed E-state index contributed by atoms with van der Waals surface area (Å²) in [5, 5.41) is 0. The van der Waals surface area contributed by atoms with Gasteiger partial charge in [-0.25, -0.2) is 0 Å². The molecule has 1 aromatic rings. The van der Waals surface area contributed by atoms with Crippen LogP contribution in [0.5, 0.6) is 5.75 Å². The molecule has 1 aromatic carbocycles. The van der Waals surface area contributed by atoms with E-state index in [1.807, 2.05) is 18.2 Å². The maximum absolute atomic E-state index is 11.3. The number of rotatable bonds is 6. The van der Waals surface area contributed by atoms with Crippen LogP contribution in [0.4, 0.5) is 0 Å². The Morgan fingerprint density at radius 3 is 2.76 bits per heavy atom. The highest BCUT2D eigenvalue weighted by Crippen LogP contribution is 2.39. The highest BCUT2D eigenvalue weighted by Gasteiger charge is 2.30. The van der Waals surface area contributed by atoms with Crippen molar-refractivity contribution in [2.75, 3.05) is 6.61 Å². The minimum Gasteiger partial charge on any atom is -0.493 e. The number of carbonyl (C=O) groups excluding carboxylic acids is 1. The van der Waals surface area contributed by atoms with Gasteiger partial charge in [-0.15, -0.1) is 0 Å². The summed E-state index contributed by atoms with van der Waals surface area (Å²) in [7, 11) is 0. The molecule has 2 atom stereocenters. The molecule has 1 fully saturated rings. The largest absolute Gasteiger partial charge is 0.493 e. The number of esters is 1. The Hall–Kier alpha value is -1.51. The lowest BCUT2D eigenvalue weighted by atomic mass is 9.81. The molecule has 1 aliphatic rings. The molecule has 1 aliphatic carbocycles. The summed E-state index contributed by atoms with van der Waals surface area (Å²) in [4.78, 5) is 11.3. The molecule has 2 rings (SSSR count). The second kappa shape index (κ2) is 8.06. The first-order chi connectivity index (χ1) is 10.2. The fraction of sp³-hybridized carbons (Fsp3) is 0.611. The van der Waals surface area contributed by atoms with Crippen molar-refractivity contribution in [1.82, 2.24) is 0 Å². The van der Waals surface area contributed by atoms with E-state index in [1.54, 1.807) is 0 Å². The van der Waals surface area contributed by atoms with E-state index in [4.69, 9.17) is 9.47 Å². The zero-order valence-corrected chi connectivity index (χ0v) is 13.1. The van der Waals surface area contributed by atoms with E-state index in [1.165, 1.54) is 18.9 Å². The smallest absolute Gasteiger partial charge is 0.302 e. The van der Waals surface area contributed by atoms with Crippen molar-refractivity contribution in [3.63, 3.8) is 0 Å². The van der Waals surface area contributed by atoms with Gasteiger partial charge in [0.2, 0.25) is 0 Å². The molecule has 116 valence electrons. The fourth-order valence-corrected chi connectivity index (χ4v) is 3.05. The summed E-state index contributed by atoms with van der Waals surface area (Å²) in [5.41, 5.74) is 1.19. The summed E-state index contributed by atoms with van der Waals surface area (Å²) in [6.45, 7) is 4.40. The van der Waals surface area contributed by atoms with E-state index in [2.05, 4.69) is 13.0 Å². The van der Waals surface area contributed by atoms with Crippen LogP contribution >= 0.6 is 0 Å². The third kappa shape index (κ3) is 4.48. The maximum atomic E-state index is 11.3. The van der Waals surface area contributed by atoms with Crippen LogP contribution in [0.1, 0.15) is 63.9 Å². The lowest BCUT2D eigenvalue weighted by Gasteiger charge is -2.32. The summed E-state index contributed by atoms with van der Waals surface area (Å²) in [6.07, 6.45) is 6.51. The van der Waals surface area contributed by atoms with Crippen LogP contribution < -0.4 is 4.74 Å². The van der Waals surface area contributed by atoms with Gasteiger partial charge in [0, 0.05) is 18.4 Å². The van der Waals surface area contributed by atoms with Gasteiger partial charge in [-0.2, -0.15) is 0 Å². The molecule has 0 heterocycles. The molecular formula is C18H26O3. The third-order valence-corrected chi connectivity index (χ3v) is 4.09. The second-order valence-electron chi connectivity index (χ2n) is 5.78. The summed E-state index contributed by atoms with van der Waals surface area (Å²) in [5.74, 6) is 1.03. The molecule has 21 heavy (non-hydrogen) atoms. The molecule has 0 unspecified atom stereocenters. The van der Waals surface area contributed by atoms with Crippen molar-refractivity contribution in [2.45, 2.75) is 64.4 Å². The number of hydrogen-bond donors (Lipinski definition) is 0. The highest BCUT2D eigenvalue weighted by atomic mass is 16.5. The molecule has 0 bridgehead atoms. The number of benzene rings is 1. The topological polar surface area (TPSA) is 35.5 Å². The second-order valence-corrected chi connectivity index (χ2v) is 5.78. The van der Waals surface area contributed by atoms with Crippen LogP contribution in [0, 0.1) is 0 Å². The molecule has 0 N–H and O–H groups in total. The Kier molecular flexibility index (Phi) is 6.09. The Labute approximate surface area is 127 Å². The molecule has 3 nitrogen and oxygen atoms in total. The Balaban J connectivity index is 2.15. The summed E-state index contributed by atoms with van der Waals surface area (Å²) < 4.78 is 11.5. The third-order valence-electron chi connectivity index (χ3n) is 4.09. The van der Waals surface area contributed by atoms with Gasteiger partial charge in [0.15, 0.2) is 0 Å². The number of ether oxygens (including phenoxy) is 2. The van der Waals surface area contributed by atoms with Crippen LogP contribution in [0.15, 0.2) is 24.3 Å². The number of para-hydroxylation sites is 1. The average molecular weight is 290 g/mol. The molecule has 0 spiro atoms. The number of hydrogen-bond acceptors (Lipinski definition) is 3. The zero-order chi connectivity index (χ0) is 15.1. The molecule has 0 saturated heterocycles. The molecular weight excluding hydrogens is 264 g/mol. The van der Waals surface area contributed by atoms with Crippen molar-refractivity contribution in [1.29, 1.82) is 0 Å². The van der Waals surface area contributed by atoms with E-state index in [-0.39, 0.29) is 18.0 Å². The lowest BCUT2D eigenvalue weighted by molar-refractivity contribution is -0.148. The fourth-order valence-electron chi connectivity index (χ4n) is 3.05. The molecule has 0 aromatic heterocycles. The van der Waals surface area contributed by atoms with Crippen LogP contribution in [-0.2, 0) is 9.53 Å². The molecule has 1 saturated carbocycles. The van der Waals surface area contributed by atoms with E-state index in [0.717, 1.165) is 44.5 Å². The first-order valence-electron chi connectivity index (χ1n) is 8.11. The van der Waals surface area contributed by atoms with Gasteiger partial charge in [0.1, 0.15) is 11.9 Å². The Bertz CT molecular complexity index is 456. The van der Waals surface area contributed by atoms with Crippen LogP contribution in [0.25, 0.3) is 0 Å². The van der Waals surface area contributed by atoms with Gasteiger partial charge in [0.05, 0.1) is 6.61 Å². The standard InChI is InChI=1S/C18H26O3/c1-3-4-13-20-17-11-7-5-9-15(17)16-10-6-8-12-18(16)21-14(2)19/h5,7,9,11,16,18H,3-4,6,8,10,12-13H2,1-2H3/t16-,18+/m0/s1. The van der Waals surface area contributed by atoms with E-state index >= 15 is 0 Å². The molecule has 0 aliphatic heterocycles. The van der Waals surface area contributed by atoms with E-state index < -0.39 is 0 Å². The minimum atomic E-state index is -0.184. The SMILES string of the molecule is CCCCOc1ccccc1[C@@H]1CCCC[C@H]1OC(C)=O. The maximum Gasteiger partial charge on any atom is 0.302 e. The van der Waals surface area contributed by atoms with Crippen molar-refractivity contribution < 1.29 is 14.3 Å². The Morgan fingerprint density at radius 2 is 2.00 bits per heavy atom. The van der Waals surface area contributed by atoms with E-state index in [0.29, 0.717) is 0 Å². The van der Waals surface area contributed by atoms with E-state index in [9.17, 15) is 4.79 Å². The van der Waals surface area contributed by atoms with Crippen molar-refractivity contribution >= 4 is 5.97 Å². The number of unbranched alkanes of at least 4 members (excludes halogenated alkanes) is 1. The zero-order valence-electron chi connectivity index (χ0n) is 13.1. The van der Waals surface area contributed by atoms with Gasteiger partial charge >= 0.3 is 5.97 Å². The van der Waals surface area contributed by atoms with Gasteiger partial charge < -0.3 is 9.47 Å². The lowest BCUT2D eigenvalue weighted by Crippen LogP contribution is -2.28. The monoisotopic (exact) mass is 290 g/mol. The predicted molar refractivity (Wildman–Crippen MR) is 83.6 cm³/mol. The molecule has 0 amide bonds. The molecule has 0 radical (unpaired) electrons. The first kappa shape index (κ1) is 15.9. The normalized spacial score (nSPS) is 21.8. The minimum absolute atomic E-state index is 0.00725. The van der Waals surface area contributed by atoms with Crippen molar-refractivity contribution in [3.8, 4) is 5.75 Å². The first-order valence-corrected chi connectivity index (χ1v) is 8.11. The summed E-state index contributed by atoms with van der Waals surface area (Å²) in [6, 6.07) is 8.20. The highest BCUT2D eigenvalue weighted by molar-refractivity contribution is 5.66. The van der Waals surface area contributed by atoms with Gasteiger partial charge in [-0.3, -0.25) is 4.79 Å². The molecule has 3 heteroatoms. The van der Waals surface area contributed by atoms with Gasteiger partial charge in [-0.05, 0) is 31.7 Å². The van der Waals surface area contributed by atoms with Crippen molar-refractivity contribution in [2.24, 2.45) is 0 Å². The van der Waals surface area contributed by atoms with Crippen LogP contribution in [-0.4, -0.2) is 18.7 Å².